The van der Waals surface area contributed by atoms with Gasteiger partial charge in [-0.25, -0.2) is 13.1 Å². The summed E-state index contributed by atoms with van der Waals surface area (Å²) in [5, 5.41) is 8.67. The van der Waals surface area contributed by atoms with E-state index < -0.39 is 10.0 Å². The van der Waals surface area contributed by atoms with Crippen molar-refractivity contribution in [2.24, 2.45) is 0 Å². The molecule has 0 unspecified atom stereocenters. The van der Waals surface area contributed by atoms with Crippen LogP contribution in [0.1, 0.15) is 10.4 Å². The van der Waals surface area contributed by atoms with E-state index in [9.17, 15) is 8.42 Å². The number of nitriles is 1. The Morgan fingerprint density at radius 1 is 1.17 bits per heavy atom. The zero-order chi connectivity index (χ0) is 13.0. The summed E-state index contributed by atoms with van der Waals surface area (Å²) >= 11 is 0.963. The maximum absolute atomic E-state index is 11.9. The topological polar surface area (TPSA) is 70.0 Å². The predicted molar refractivity (Wildman–Crippen MR) is 69.5 cm³/mol. The SMILES string of the molecule is N#Cc1ccc(S(=O)(=O)NCc2ccccc2)s1. The monoisotopic (exact) mass is 278 g/mol. The van der Waals surface area contributed by atoms with Crippen LogP contribution in [-0.2, 0) is 16.6 Å². The fourth-order valence-corrected chi connectivity index (χ4v) is 3.54. The molecule has 0 aliphatic carbocycles. The summed E-state index contributed by atoms with van der Waals surface area (Å²) in [7, 11) is -3.53. The van der Waals surface area contributed by atoms with E-state index in [1.165, 1.54) is 12.1 Å². The Balaban J connectivity index is 2.11. The lowest BCUT2D eigenvalue weighted by Crippen LogP contribution is -2.22. The van der Waals surface area contributed by atoms with Crippen molar-refractivity contribution in [2.75, 3.05) is 0 Å². The molecule has 0 fully saturated rings. The van der Waals surface area contributed by atoms with Gasteiger partial charge in [0.25, 0.3) is 0 Å². The van der Waals surface area contributed by atoms with E-state index in [4.69, 9.17) is 5.26 Å². The Morgan fingerprint density at radius 2 is 1.89 bits per heavy atom. The van der Waals surface area contributed by atoms with Crippen LogP contribution in [0.4, 0.5) is 0 Å². The number of nitrogens with zero attached hydrogens (tertiary/aromatic N) is 1. The highest BCUT2D eigenvalue weighted by Crippen LogP contribution is 2.20. The third-order valence-corrected chi connectivity index (χ3v) is 5.15. The highest BCUT2D eigenvalue weighted by atomic mass is 32.2. The second-order valence-corrected chi connectivity index (χ2v) is 6.62. The minimum Gasteiger partial charge on any atom is -0.206 e. The van der Waals surface area contributed by atoms with Crippen LogP contribution in [0, 0.1) is 11.3 Å². The lowest BCUT2D eigenvalue weighted by molar-refractivity contribution is 0.583. The van der Waals surface area contributed by atoms with Crippen LogP contribution in [0.2, 0.25) is 0 Å². The quantitative estimate of drug-likeness (QED) is 0.931. The maximum atomic E-state index is 11.9. The molecule has 1 aromatic heterocycles. The smallest absolute Gasteiger partial charge is 0.206 e. The van der Waals surface area contributed by atoms with Crippen LogP contribution in [0.25, 0.3) is 0 Å². The molecule has 18 heavy (non-hydrogen) atoms. The minimum atomic E-state index is -3.53. The van der Waals surface area contributed by atoms with E-state index >= 15 is 0 Å². The van der Waals surface area contributed by atoms with Gasteiger partial charge in [0, 0.05) is 6.54 Å². The standard InChI is InChI=1S/C12H10N2O2S2/c13-8-11-6-7-12(17-11)18(15,16)14-9-10-4-2-1-3-5-10/h1-7,14H,9H2. The average Bonchev–Trinajstić information content (AvgIpc) is 2.87. The largest absolute Gasteiger partial charge is 0.250 e. The summed E-state index contributed by atoms with van der Waals surface area (Å²) in [5.41, 5.74) is 0.887. The lowest BCUT2D eigenvalue weighted by atomic mass is 10.2. The molecule has 0 saturated heterocycles. The van der Waals surface area contributed by atoms with Gasteiger partial charge in [-0.1, -0.05) is 30.3 Å². The molecular formula is C12H10N2O2S2. The molecule has 1 heterocycles. The first-order chi connectivity index (χ1) is 8.62. The minimum absolute atomic E-state index is 0.162. The Kier molecular flexibility index (Phi) is 3.77. The van der Waals surface area contributed by atoms with Gasteiger partial charge in [-0.15, -0.1) is 11.3 Å². The Bertz CT molecular complexity index is 670. The summed E-state index contributed by atoms with van der Waals surface area (Å²) in [6, 6.07) is 14.1. The molecule has 2 aromatic rings. The van der Waals surface area contributed by atoms with Gasteiger partial charge in [0.2, 0.25) is 10.0 Å². The van der Waals surface area contributed by atoms with Crippen molar-refractivity contribution < 1.29 is 8.42 Å². The fourth-order valence-electron chi connectivity index (χ4n) is 1.37. The maximum Gasteiger partial charge on any atom is 0.250 e. The molecule has 92 valence electrons. The van der Waals surface area contributed by atoms with Gasteiger partial charge in [-0.3, -0.25) is 0 Å². The summed E-state index contributed by atoms with van der Waals surface area (Å²) in [6.07, 6.45) is 0. The van der Waals surface area contributed by atoms with Crippen LogP contribution in [0.15, 0.2) is 46.7 Å². The number of hydrogen-bond donors (Lipinski definition) is 1. The third-order valence-electron chi connectivity index (χ3n) is 2.27. The van der Waals surface area contributed by atoms with Crippen molar-refractivity contribution in [3.63, 3.8) is 0 Å². The van der Waals surface area contributed by atoms with E-state index in [1.54, 1.807) is 0 Å². The van der Waals surface area contributed by atoms with Gasteiger partial charge < -0.3 is 0 Å². The van der Waals surface area contributed by atoms with Gasteiger partial charge in [-0.05, 0) is 17.7 Å². The normalized spacial score (nSPS) is 11.1. The van der Waals surface area contributed by atoms with Crippen molar-refractivity contribution in [1.82, 2.24) is 4.72 Å². The second kappa shape index (κ2) is 5.31. The summed E-state index contributed by atoms with van der Waals surface area (Å²) in [5.74, 6) is 0. The van der Waals surface area contributed by atoms with Crippen molar-refractivity contribution >= 4 is 21.4 Å². The first-order valence-corrected chi connectivity index (χ1v) is 7.45. The Labute approximate surface area is 110 Å². The summed E-state index contributed by atoms with van der Waals surface area (Å²) < 4.78 is 26.5. The Hall–Kier alpha value is -1.68. The molecule has 1 aromatic carbocycles. The van der Waals surface area contributed by atoms with Gasteiger partial charge >= 0.3 is 0 Å². The lowest BCUT2D eigenvalue weighted by Gasteiger charge is -2.04. The van der Waals surface area contributed by atoms with Crippen LogP contribution in [0.3, 0.4) is 0 Å². The van der Waals surface area contributed by atoms with Gasteiger partial charge in [0.15, 0.2) is 0 Å². The molecule has 4 nitrogen and oxygen atoms in total. The van der Waals surface area contributed by atoms with Gasteiger partial charge in [0.05, 0.1) is 0 Å². The number of benzene rings is 1. The number of thiophene rings is 1. The average molecular weight is 278 g/mol. The zero-order valence-electron chi connectivity index (χ0n) is 9.33. The number of hydrogen-bond acceptors (Lipinski definition) is 4. The molecule has 6 heteroatoms. The van der Waals surface area contributed by atoms with Crippen molar-refractivity contribution in [1.29, 1.82) is 5.26 Å². The van der Waals surface area contributed by atoms with Gasteiger partial charge in [0.1, 0.15) is 15.2 Å². The second-order valence-electron chi connectivity index (χ2n) is 3.54. The van der Waals surface area contributed by atoms with E-state index in [2.05, 4.69) is 4.72 Å². The third kappa shape index (κ3) is 2.96. The molecule has 0 amide bonds. The molecule has 0 spiro atoms. The highest BCUT2D eigenvalue weighted by molar-refractivity contribution is 7.91. The van der Waals surface area contributed by atoms with E-state index in [0.717, 1.165) is 16.9 Å². The van der Waals surface area contributed by atoms with Crippen LogP contribution in [0.5, 0.6) is 0 Å². The molecule has 0 saturated carbocycles. The molecule has 1 N–H and O–H groups in total. The van der Waals surface area contributed by atoms with Crippen molar-refractivity contribution in [3.05, 3.63) is 52.9 Å². The fraction of sp³-hybridized carbons (Fsp3) is 0.0833. The summed E-state index contributed by atoms with van der Waals surface area (Å²) in [6.45, 7) is 0.239. The van der Waals surface area contributed by atoms with Crippen LogP contribution >= 0.6 is 11.3 Å². The highest BCUT2D eigenvalue weighted by Gasteiger charge is 2.16. The predicted octanol–water partition coefficient (Wildman–Crippen LogP) is 2.10. The first kappa shape index (κ1) is 12.8. The molecule has 0 aliphatic rings. The van der Waals surface area contributed by atoms with Crippen LogP contribution < -0.4 is 4.72 Å². The number of nitrogens with one attached hydrogen (secondary N) is 1. The van der Waals surface area contributed by atoms with Gasteiger partial charge in [-0.2, -0.15) is 5.26 Å². The summed E-state index contributed by atoms with van der Waals surface area (Å²) in [4.78, 5) is 0.384. The number of sulfonamides is 1. The number of rotatable bonds is 4. The van der Waals surface area contributed by atoms with Crippen molar-refractivity contribution in [2.45, 2.75) is 10.8 Å². The van der Waals surface area contributed by atoms with Crippen molar-refractivity contribution in [3.8, 4) is 6.07 Å². The zero-order valence-corrected chi connectivity index (χ0v) is 11.0. The van der Waals surface area contributed by atoms with Crippen LogP contribution in [-0.4, -0.2) is 8.42 Å². The molecule has 2 rings (SSSR count). The molecular weight excluding hydrogens is 268 g/mol. The molecule has 0 bridgehead atoms. The van der Waals surface area contributed by atoms with E-state index in [1.807, 2.05) is 36.4 Å². The Morgan fingerprint density at radius 3 is 2.50 bits per heavy atom. The molecule has 0 radical (unpaired) electrons. The van der Waals surface area contributed by atoms with E-state index in [-0.39, 0.29) is 10.8 Å². The molecule has 0 atom stereocenters. The molecule has 0 aliphatic heterocycles. The van der Waals surface area contributed by atoms with E-state index in [0.29, 0.717) is 4.88 Å². The first-order valence-electron chi connectivity index (χ1n) is 5.15.